The lowest BCUT2D eigenvalue weighted by Gasteiger charge is -2.24. The van der Waals surface area contributed by atoms with Crippen molar-refractivity contribution >= 4 is 23.2 Å². The summed E-state index contributed by atoms with van der Waals surface area (Å²) in [6.07, 6.45) is 2.54. The van der Waals surface area contributed by atoms with Gasteiger partial charge < -0.3 is 28.7 Å². The Hall–Kier alpha value is -5.44. The van der Waals surface area contributed by atoms with Crippen LogP contribution in [0, 0.1) is 0 Å². The molecule has 2 amide bonds. The molecule has 52 heavy (non-hydrogen) atoms. The van der Waals surface area contributed by atoms with E-state index in [1.54, 1.807) is 9.80 Å². The monoisotopic (exact) mass is 696 g/mol. The van der Waals surface area contributed by atoms with Crippen molar-refractivity contribution in [1.29, 1.82) is 0 Å². The first-order valence-corrected chi connectivity index (χ1v) is 18.1. The van der Waals surface area contributed by atoms with Gasteiger partial charge in [0, 0.05) is 48.4 Å². The second kappa shape index (κ2) is 16.3. The third kappa shape index (κ3) is 8.70. The topological polar surface area (TPSA) is 84.1 Å². The number of anilines is 2. The maximum absolute atomic E-state index is 13.6. The van der Waals surface area contributed by atoms with Crippen LogP contribution >= 0.6 is 0 Å². The second-order valence-electron chi connectivity index (χ2n) is 13.0. The molecule has 8 nitrogen and oxygen atoms in total. The van der Waals surface area contributed by atoms with Crippen molar-refractivity contribution in [3.05, 3.63) is 132 Å². The Labute approximate surface area is 305 Å². The molecule has 5 aromatic rings. The number of ether oxygens (including phenoxy) is 4. The summed E-state index contributed by atoms with van der Waals surface area (Å²) in [5.41, 5.74) is 6.90. The molecule has 0 saturated carbocycles. The zero-order chi connectivity index (χ0) is 35.9. The van der Waals surface area contributed by atoms with E-state index in [-0.39, 0.29) is 11.8 Å². The van der Waals surface area contributed by atoms with Crippen molar-refractivity contribution in [3.63, 3.8) is 0 Å². The van der Waals surface area contributed by atoms with Crippen LogP contribution in [0.1, 0.15) is 47.4 Å². The second-order valence-corrected chi connectivity index (χ2v) is 13.0. The lowest BCUT2D eigenvalue weighted by Crippen LogP contribution is -2.32. The molecule has 0 bridgehead atoms. The summed E-state index contributed by atoms with van der Waals surface area (Å²) < 4.78 is 22.1. The van der Waals surface area contributed by atoms with E-state index in [1.165, 1.54) is 0 Å². The summed E-state index contributed by atoms with van der Waals surface area (Å²) in [4.78, 5) is 30.7. The first-order valence-electron chi connectivity index (χ1n) is 18.1. The normalized spacial score (nSPS) is 15.8. The highest BCUT2D eigenvalue weighted by molar-refractivity contribution is 6.08. The van der Waals surface area contributed by atoms with E-state index in [2.05, 4.69) is 0 Å². The molecule has 0 aromatic heterocycles. The number of carbonyl (C=O) groups excluding carboxylic acids is 2. The molecule has 266 valence electrons. The maximum atomic E-state index is 13.6. The van der Waals surface area contributed by atoms with Gasteiger partial charge in [-0.05, 0) is 109 Å². The van der Waals surface area contributed by atoms with Crippen LogP contribution in [0.2, 0.25) is 0 Å². The SMILES string of the molecule is CCN(C(=O)c1ccc(-c2ccc(OCCC3CO3)cc2)cc1)c1ccc(N(CC)C(=O)c2ccc(-c3ccc(OCCC4CO4)cc3)cc2)cc1. The largest absolute Gasteiger partial charge is 0.493 e. The van der Waals surface area contributed by atoms with Gasteiger partial charge in [0.1, 0.15) is 11.5 Å². The van der Waals surface area contributed by atoms with Gasteiger partial charge in [0.2, 0.25) is 0 Å². The summed E-state index contributed by atoms with van der Waals surface area (Å²) in [6, 6.07) is 39.0. The number of nitrogens with zero attached hydrogens (tertiary/aromatic N) is 2. The van der Waals surface area contributed by atoms with Crippen molar-refractivity contribution < 1.29 is 28.5 Å². The van der Waals surface area contributed by atoms with E-state index < -0.39 is 0 Å². The third-order valence-electron chi connectivity index (χ3n) is 9.46. The fourth-order valence-corrected chi connectivity index (χ4v) is 6.19. The Morgan fingerprint density at radius 2 is 0.827 bits per heavy atom. The maximum Gasteiger partial charge on any atom is 0.258 e. The minimum atomic E-state index is -0.0838. The van der Waals surface area contributed by atoms with Crippen molar-refractivity contribution in [2.24, 2.45) is 0 Å². The molecule has 0 aliphatic carbocycles. The van der Waals surface area contributed by atoms with E-state index >= 15 is 0 Å². The number of carbonyl (C=O) groups is 2. The van der Waals surface area contributed by atoms with Gasteiger partial charge in [-0.1, -0.05) is 48.5 Å². The lowest BCUT2D eigenvalue weighted by atomic mass is 10.0. The van der Waals surface area contributed by atoms with Crippen LogP contribution in [0.4, 0.5) is 11.4 Å². The van der Waals surface area contributed by atoms with E-state index in [0.29, 0.717) is 49.6 Å². The van der Waals surface area contributed by atoms with Crippen LogP contribution < -0.4 is 19.3 Å². The molecule has 2 unspecified atom stereocenters. The van der Waals surface area contributed by atoms with Crippen molar-refractivity contribution in [2.45, 2.75) is 38.9 Å². The van der Waals surface area contributed by atoms with E-state index in [0.717, 1.165) is 71.2 Å². The summed E-state index contributed by atoms with van der Waals surface area (Å²) in [5.74, 6) is 1.50. The summed E-state index contributed by atoms with van der Waals surface area (Å²) in [6.45, 7) is 7.89. The summed E-state index contributed by atoms with van der Waals surface area (Å²) >= 11 is 0. The minimum absolute atomic E-state index is 0.0838. The highest BCUT2D eigenvalue weighted by Crippen LogP contribution is 2.28. The van der Waals surface area contributed by atoms with Crippen LogP contribution in [-0.4, -0.2) is 63.5 Å². The number of hydrogen-bond acceptors (Lipinski definition) is 6. The molecular weight excluding hydrogens is 652 g/mol. The van der Waals surface area contributed by atoms with Crippen LogP contribution in [0.15, 0.2) is 121 Å². The van der Waals surface area contributed by atoms with Gasteiger partial charge in [-0.2, -0.15) is 0 Å². The lowest BCUT2D eigenvalue weighted by molar-refractivity contribution is 0.0980. The van der Waals surface area contributed by atoms with Crippen molar-refractivity contribution in [3.8, 4) is 33.8 Å². The van der Waals surface area contributed by atoms with Gasteiger partial charge in [0.25, 0.3) is 11.8 Å². The number of amides is 2. The predicted octanol–water partition coefficient (Wildman–Crippen LogP) is 8.69. The third-order valence-corrected chi connectivity index (χ3v) is 9.46. The van der Waals surface area contributed by atoms with Crippen LogP contribution in [0.25, 0.3) is 22.3 Å². The molecule has 2 saturated heterocycles. The van der Waals surface area contributed by atoms with Gasteiger partial charge >= 0.3 is 0 Å². The number of rotatable bonds is 16. The molecule has 2 fully saturated rings. The Balaban J connectivity index is 0.955. The van der Waals surface area contributed by atoms with Crippen LogP contribution in [0.5, 0.6) is 11.5 Å². The molecule has 7 rings (SSSR count). The average molecular weight is 697 g/mol. The Kier molecular flexibility index (Phi) is 10.9. The molecule has 5 aromatic carbocycles. The van der Waals surface area contributed by atoms with Gasteiger partial charge in [0.15, 0.2) is 0 Å². The van der Waals surface area contributed by atoms with Gasteiger partial charge in [-0.15, -0.1) is 0 Å². The van der Waals surface area contributed by atoms with Crippen LogP contribution in [0.3, 0.4) is 0 Å². The van der Waals surface area contributed by atoms with E-state index in [1.807, 2.05) is 135 Å². The molecule has 0 spiro atoms. The molecular formula is C44H44N2O6. The highest BCUT2D eigenvalue weighted by Gasteiger charge is 2.23. The standard InChI is InChI=1S/C44H44N2O6/c1-3-45(43(47)35-9-5-31(6-10-35)33-13-21-39(22-14-33)49-27-25-41-29-51-41)37-17-19-38(20-18-37)46(4-2)44(48)36-11-7-32(8-12-36)34-15-23-40(24-16-34)50-28-26-42-30-52-42/h5-24,41-42H,3-4,25-30H2,1-2H3. The predicted molar refractivity (Wildman–Crippen MR) is 205 cm³/mol. The molecule has 2 heterocycles. The molecule has 2 aliphatic heterocycles. The average Bonchev–Trinajstić information content (AvgIpc) is 4.14. The van der Waals surface area contributed by atoms with E-state index in [9.17, 15) is 9.59 Å². The van der Waals surface area contributed by atoms with Gasteiger partial charge in [-0.3, -0.25) is 9.59 Å². The van der Waals surface area contributed by atoms with Crippen molar-refractivity contribution in [1.82, 2.24) is 0 Å². The highest BCUT2D eigenvalue weighted by atomic mass is 16.6. The smallest absolute Gasteiger partial charge is 0.258 e. The Morgan fingerprint density at radius 1 is 0.519 bits per heavy atom. The van der Waals surface area contributed by atoms with E-state index in [4.69, 9.17) is 18.9 Å². The molecule has 2 aliphatic rings. The fraction of sp³-hybridized carbons (Fsp3) is 0.273. The molecule has 2 atom stereocenters. The fourth-order valence-electron chi connectivity index (χ4n) is 6.19. The Bertz CT molecular complexity index is 1790. The first-order chi connectivity index (χ1) is 25.5. The number of epoxide rings is 2. The molecule has 8 heteroatoms. The quantitative estimate of drug-likeness (QED) is 0.0961. The zero-order valence-electron chi connectivity index (χ0n) is 29.7. The zero-order valence-corrected chi connectivity index (χ0v) is 29.7. The number of hydrogen-bond donors (Lipinski definition) is 0. The van der Waals surface area contributed by atoms with Crippen molar-refractivity contribution in [2.75, 3.05) is 49.3 Å². The number of benzene rings is 5. The summed E-state index contributed by atoms with van der Waals surface area (Å²) in [7, 11) is 0. The summed E-state index contributed by atoms with van der Waals surface area (Å²) in [5, 5.41) is 0. The Morgan fingerprint density at radius 3 is 1.12 bits per heavy atom. The van der Waals surface area contributed by atoms with Gasteiger partial charge in [0.05, 0.1) is 38.6 Å². The molecule has 0 N–H and O–H groups in total. The van der Waals surface area contributed by atoms with Crippen LogP contribution in [-0.2, 0) is 9.47 Å². The van der Waals surface area contributed by atoms with Gasteiger partial charge in [-0.25, -0.2) is 0 Å². The first kappa shape index (κ1) is 35.0. The minimum Gasteiger partial charge on any atom is -0.493 e. The molecule has 0 radical (unpaired) electrons.